The van der Waals surface area contributed by atoms with Gasteiger partial charge in [-0.2, -0.15) is 0 Å². The number of para-hydroxylation sites is 1. The van der Waals surface area contributed by atoms with Gasteiger partial charge in [0.2, 0.25) is 11.8 Å². The molecule has 1 aromatic rings. The van der Waals surface area contributed by atoms with Crippen molar-refractivity contribution in [1.82, 2.24) is 10.2 Å². The fourth-order valence-electron chi connectivity index (χ4n) is 4.58. The van der Waals surface area contributed by atoms with Crippen LogP contribution in [0.25, 0.3) is 0 Å². The smallest absolute Gasteiger partial charge is 0.247 e. The van der Waals surface area contributed by atoms with Crippen molar-refractivity contribution in [3.05, 3.63) is 39.5 Å². The van der Waals surface area contributed by atoms with E-state index in [2.05, 4.69) is 34.8 Å². The Morgan fingerprint density at radius 1 is 1.26 bits per heavy atom. The average Bonchev–Trinajstić information content (AvgIpc) is 3.40. The molecule has 2 amide bonds. The van der Waals surface area contributed by atoms with Crippen molar-refractivity contribution in [2.45, 2.75) is 63.7 Å². The number of nitrogens with zero attached hydrogens (tertiary/aromatic N) is 1. The highest BCUT2D eigenvalue weighted by Crippen LogP contribution is 2.31. The van der Waals surface area contributed by atoms with E-state index in [1.165, 1.54) is 0 Å². The number of hydrogen-bond acceptors (Lipinski definition) is 6. The Bertz CT molecular complexity index is 873. The zero-order valence-electron chi connectivity index (χ0n) is 20.3. The van der Waals surface area contributed by atoms with E-state index in [1.807, 2.05) is 24.3 Å². The Hall–Kier alpha value is -1.69. The minimum atomic E-state index is -1.00. The molecule has 3 N–H and O–H groups in total. The number of ether oxygens (including phenoxy) is 2. The molecule has 194 valence electrons. The van der Waals surface area contributed by atoms with Crippen LogP contribution < -0.4 is 10.1 Å². The molecule has 1 heterocycles. The van der Waals surface area contributed by atoms with E-state index >= 15 is 0 Å². The monoisotopic (exact) mass is 600 g/mol. The van der Waals surface area contributed by atoms with Crippen LogP contribution in [0.1, 0.15) is 45.4 Å². The highest BCUT2D eigenvalue weighted by atomic mass is 127. The number of aliphatic hydroxyl groups excluding tert-OH is 2. The van der Waals surface area contributed by atoms with Crippen LogP contribution in [0.15, 0.2) is 35.9 Å². The number of aliphatic hydroxyl groups is 2. The van der Waals surface area contributed by atoms with E-state index in [9.17, 15) is 14.7 Å². The summed E-state index contributed by atoms with van der Waals surface area (Å²) in [4.78, 5) is 28.2. The number of carbonyl (C=O) groups excluding carboxylic acids is 2. The molecule has 0 spiro atoms. The van der Waals surface area contributed by atoms with Gasteiger partial charge in [0.1, 0.15) is 18.0 Å². The Morgan fingerprint density at radius 3 is 2.74 bits per heavy atom. The van der Waals surface area contributed by atoms with Gasteiger partial charge in [-0.25, -0.2) is 0 Å². The zero-order chi connectivity index (χ0) is 25.2. The Morgan fingerprint density at radius 2 is 2.06 bits per heavy atom. The number of rotatable bonds is 12. The molecule has 4 atom stereocenters. The number of hydrogen-bond donors (Lipinski definition) is 3. The summed E-state index contributed by atoms with van der Waals surface area (Å²) in [5.74, 6) is 0.0116. The number of unbranched alkanes of at least 4 members (excludes halogenated alkanes) is 3. The molecule has 0 aromatic heterocycles. The first kappa shape index (κ1) is 27.9. The molecule has 1 aliphatic heterocycles. The van der Waals surface area contributed by atoms with Crippen molar-refractivity contribution in [2.24, 2.45) is 5.92 Å². The molecule has 8 nitrogen and oxygen atoms in total. The minimum Gasteiger partial charge on any atom is -0.482 e. The van der Waals surface area contributed by atoms with E-state index in [1.54, 1.807) is 11.0 Å². The normalized spacial score (nSPS) is 24.1. The first-order chi connectivity index (χ1) is 17.0. The lowest BCUT2D eigenvalue weighted by molar-refractivity contribution is -0.143. The maximum atomic E-state index is 13.6. The molecule has 2 aliphatic rings. The summed E-state index contributed by atoms with van der Waals surface area (Å²) in [6.45, 7) is 3.55. The first-order valence-electron chi connectivity index (χ1n) is 12.5. The maximum Gasteiger partial charge on any atom is 0.247 e. The van der Waals surface area contributed by atoms with Crippen molar-refractivity contribution in [3.63, 3.8) is 0 Å². The van der Waals surface area contributed by atoms with Crippen molar-refractivity contribution in [3.8, 4) is 5.75 Å². The second kappa shape index (κ2) is 14.2. The van der Waals surface area contributed by atoms with Crippen molar-refractivity contribution >= 4 is 34.4 Å². The third-order valence-electron chi connectivity index (χ3n) is 6.53. The molecule has 35 heavy (non-hydrogen) atoms. The summed E-state index contributed by atoms with van der Waals surface area (Å²) < 4.78 is 12.5. The second-order valence-electron chi connectivity index (χ2n) is 9.10. The topological polar surface area (TPSA) is 108 Å². The Balaban J connectivity index is 1.89. The van der Waals surface area contributed by atoms with Crippen LogP contribution >= 0.6 is 22.6 Å². The number of nitrogens with one attached hydrogen (secondary N) is 1. The minimum absolute atomic E-state index is 0.0342. The molecule has 1 aromatic carbocycles. The van der Waals surface area contributed by atoms with Crippen LogP contribution in [0.3, 0.4) is 0 Å². The molecule has 9 heteroatoms. The van der Waals surface area contributed by atoms with Crippen LogP contribution in [-0.4, -0.2) is 78.1 Å². The van der Waals surface area contributed by atoms with E-state index in [4.69, 9.17) is 14.6 Å². The number of halogens is 1. The summed E-state index contributed by atoms with van der Waals surface area (Å²) in [5.41, 5.74) is 0.443. The predicted octanol–water partition coefficient (Wildman–Crippen LogP) is 2.65. The molecule has 0 radical (unpaired) electrons. The van der Waals surface area contributed by atoms with Gasteiger partial charge in [0, 0.05) is 31.7 Å². The van der Waals surface area contributed by atoms with Gasteiger partial charge >= 0.3 is 0 Å². The van der Waals surface area contributed by atoms with Gasteiger partial charge in [-0.15, -0.1) is 0 Å². The van der Waals surface area contributed by atoms with Gasteiger partial charge in [-0.05, 0) is 53.6 Å². The summed E-state index contributed by atoms with van der Waals surface area (Å²) >= 11 is 2.17. The Labute approximate surface area is 221 Å². The first-order valence-corrected chi connectivity index (χ1v) is 13.6. The molecule has 1 aliphatic carbocycles. The van der Waals surface area contributed by atoms with Gasteiger partial charge in [0.15, 0.2) is 0 Å². The third-order valence-corrected chi connectivity index (χ3v) is 7.42. The third kappa shape index (κ3) is 7.65. The number of amides is 2. The predicted molar refractivity (Wildman–Crippen MR) is 141 cm³/mol. The standard InChI is InChI=1S/C26H37IN2O6/c1-2-3-4-7-12-29(26(33)18-10-14-34-17-18)21-15-19(25(32)28-11-13-30)16-23(24(21)31)35-22-9-6-5-8-20(22)27/h5-6,8-9,16,18,21,23-24,30-31H,2-4,7,10-15,17H2,1H3,(H,28,32)/t18?,21-,23+,24+/m1/s1. The average molecular weight is 600 g/mol. The van der Waals surface area contributed by atoms with Crippen molar-refractivity contribution < 1.29 is 29.3 Å². The molecule has 1 unspecified atom stereocenters. The summed E-state index contributed by atoms with van der Waals surface area (Å²) in [7, 11) is 0. The van der Waals surface area contributed by atoms with Gasteiger partial charge < -0.3 is 29.9 Å². The molecular weight excluding hydrogens is 563 g/mol. The fourth-order valence-corrected chi connectivity index (χ4v) is 5.09. The SMILES string of the molecule is CCCCCCN(C(=O)C1CCOC1)[C@@H]1CC(C(=O)NCCO)=C[C@H](Oc2ccccc2I)[C@H]1O. The highest BCUT2D eigenvalue weighted by Gasteiger charge is 2.42. The van der Waals surface area contributed by atoms with Crippen molar-refractivity contribution in [1.29, 1.82) is 0 Å². The van der Waals surface area contributed by atoms with Gasteiger partial charge in [0.25, 0.3) is 0 Å². The van der Waals surface area contributed by atoms with Gasteiger partial charge in [-0.3, -0.25) is 9.59 Å². The molecule has 3 rings (SSSR count). The zero-order valence-corrected chi connectivity index (χ0v) is 22.5. The number of benzene rings is 1. The summed E-state index contributed by atoms with van der Waals surface area (Å²) in [5, 5.41) is 23.3. The van der Waals surface area contributed by atoms with E-state index in [-0.39, 0.29) is 37.3 Å². The highest BCUT2D eigenvalue weighted by molar-refractivity contribution is 14.1. The Kier molecular flexibility index (Phi) is 11.3. The van der Waals surface area contributed by atoms with Crippen LogP contribution in [0.5, 0.6) is 5.75 Å². The van der Waals surface area contributed by atoms with Gasteiger partial charge in [-0.1, -0.05) is 38.3 Å². The molecule has 0 bridgehead atoms. The lowest BCUT2D eigenvalue weighted by Crippen LogP contribution is -2.56. The van der Waals surface area contributed by atoms with Crippen LogP contribution in [-0.2, 0) is 14.3 Å². The van der Waals surface area contributed by atoms with E-state index < -0.39 is 18.2 Å². The summed E-state index contributed by atoms with van der Waals surface area (Å²) in [6, 6.07) is 6.88. The molecule has 1 fully saturated rings. The van der Waals surface area contributed by atoms with Gasteiger partial charge in [0.05, 0.1) is 28.7 Å². The fraction of sp³-hybridized carbons (Fsp3) is 0.615. The summed E-state index contributed by atoms with van der Waals surface area (Å²) in [6.07, 6.45) is 4.71. The van der Waals surface area contributed by atoms with E-state index in [0.29, 0.717) is 37.5 Å². The van der Waals surface area contributed by atoms with Crippen LogP contribution in [0.2, 0.25) is 0 Å². The van der Waals surface area contributed by atoms with Crippen LogP contribution in [0, 0.1) is 9.49 Å². The largest absolute Gasteiger partial charge is 0.482 e. The molecular formula is C26H37IN2O6. The lowest BCUT2D eigenvalue weighted by atomic mass is 9.87. The quantitative estimate of drug-likeness (QED) is 0.252. The molecule has 0 saturated carbocycles. The maximum absolute atomic E-state index is 13.6. The van der Waals surface area contributed by atoms with E-state index in [0.717, 1.165) is 29.3 Å². The van der Waals surface area contributed by atoms with Crippen molar-refractivity contribution in [2.75, 3.05) is 32.9 Å². The molecule has 1 saturated heterocycles. The second-order valence-corrected chi connectivity index (χ2v) is 10.3. The van der Waals surface area contributed by atoms with Crippen LogP contribution in [0.4, 0.5) is 0 Å². The number of carbonyl (C=O) groups is 2. The lowest BCUT2D eigenvalue weighted by Gasteiger charge is -2.41.